The summed E-state index contributed by atoms with van der Waals surface area (Å²) in [5, 5.41) is 6.87. The summed E-state index contributed by atoms with van der Waals surface area (Å²) in [6, 6.07) is 7.68. The minimum atomic E-state index is -0.202. The summed E-state index contributed by atoms with van der Waals surface area (Å²) in [7, 11) is 0. The Balaban J connectivity index is 1.53. The van der Waals surface area contributed by atoms with E-state index in [4.69, 9.17) is 5.73 Å². The van der Waals surface area contributed by atoms with E-state index < -0.39 is 0 Å². The van der Waals surface area contributed by atoms with Crippen molar-refractivity contribution in [1.29, 1.82) is 0 Å². The number of aromatic nitrogens is 5. The van der Waals surface area contributed by atoms with Crippen molar-refractivity contribution in [2.75, 3.05) is 5.73 Å². The van der Waals surface area contributed by atoms with Crippen molar-refractivity contribution < 1.29 is 4.79 Å². The number of amides is 1. The molecule has 0 saturated carbocycles. The van der Waals surface area contributed by atoms with Gasteiger partial charge in [-0.1, -0.05) is 12.1 Å². The lowest BCUT2D eigenvalue weighted by molar-refractivity contribution is -0.116. The van der Waals surface area contributed by atoms with Crippen LogP contribution in [-0.2, 0) is 11.3 Å². The number of carbonyl (C=O) groups is 1. The largest absolute Gasteiger partial charge is 0.368 e. The molecule has 0 aliphatic carbocycles. The van der Waals surface area contributed by atoms with Crippen molar-refractivity contribution in [3.8, 4) is 5.69 Å². The lowest BCUT2D eigenvalue weighted by Crippen LogP contribution is -2.20. The van der Waals surface area contributed by atoms with Crippen LogP contribution in [0.25, 0.3) is 11.8 Å². The number of nitrogen functional groups attached to an aromatic ring is 1. The highest BCUT2D eigenvalue weighted by Gasteiger charge is 2.00. The van der Waals surface area contributed by atoms with E-state index in [-0.39, 0.29) is 11.9 Å². The third-order valence-electron chi connectivity index (χ3n) is 3.21. The van der Waals surface area contributed by atoms with Crippen LogP contribution in [0.15, 0.2) is 55.4 Å². The van der Waals surface area contributed by atoms with Crippen LogP contribution in [0.1, 0.15) is 11.1 Å². The third-order valence-corrected chi connectivity index (χ3v) is 3.21. The first-order chi connectivity index (χ1) is 11.7. The van der Waals surface area contributed by atoms with Gasteiger partial charge in [-0.15, -0.1) is 0 Å². The molecule has 1 aromatic carbocycles. The van der Waals surface area contributed by atoms with Crippen molar-refractivity contribution in [2.24, 2.45) is 0 Å². The van der Waals surface area contributed by atoms with Gasteiger partial charge in [-0.05, 0) is 23.8 Å². The van der Waals surface area contributed by atoms with Gasteiger partial charge in [0.25, 0.3) is 0 Å². The number of nitrogens with two attached hydrogens (primary N) is 1. The van der Waals surface area contributed by atoms with Gasteiger partial charge < -0.3 is 11.1 Å². The molecule has 3 aromatic rings. The SMILES string of the molecule is Nc1ncc(C=CC(=O)NCc2ccc(-n3cncn3)cc2)cn1. The topological polar surface area (TPSA) is 112 Å². The number of hydrogen-bond donors (Lipinski definition) is 2. The molecule has 0 spiro atoms. The molecule has 8 nitrogen and oxygen atoms in total. The molecule has 2 heterocycles. The molecular weight excluding hydrogens is 306 g/mol. The Hall–Kier alpha value is -3.55. The normalized spacial score (nSPS) is 10.8. The van der Waals surface area contributed by atoms with E-state index in [1.165, 1.54) is 12.4 Å². The summed E-state index contributed by atoms with van der Waals surface area (Å²) in [5.41, 5.74) is 8.00. The Labute approximate surface area is 138 Å². The highest BCUT2D eigenvalue weighted by Crippen LogP contribution is 2.08. The minimum Gasteiger partial charge on any atom is -0.368 e. The zero-order valence-corrected chi connectivity index (χ0v) is 12.7. The van der Waals surface area contributed by atoms with Gasteiger partial charge in [0.1, 0.15) is 12.7 Å². The molecule has 0 atom stereocenters. The first-order valence-corrected chi connectivity index (χ1v) is 7.18. The van der Waals surface area contributed by atoms with E-state index in [1.807, 2.05) is 24.3 Å². The van der Waals surface area contributed by atoms with Crippen molar-refractivity contribution in [3.05, 3.63) is 66.5 Å². The van der Waals surface area contributed by atoms with Gasteiger partial charge in [-0.25, -0.2) is 19.6 Å². The van der Waals surface area contributed by atoms with Crippen molar-refractivity contribution in [1.82, 2.24) is 30.0 Å². The maximum Gasteiger partial charge on any atom is 0.244 e. The smallest absolute Gasteiger partial charge is 0.244 e. The fourth-order valence-corrected chi connectivity index (χ4v) is 1.96. The zero-order chi connectivity index (χ0) is 16.8. The minimum absolute atomic E-state index is 0.200. The van der Waals surface area contributed by atoms with E-state index in [1.54, 1.807) is 29.5 Å². The highest BCUT2D eigenvalue weighted by molar-refractivity contribution is 5.91. The van der Waals surface area contributed by atoms with Gasteiger partial charge >= 0.3 is 0 Å². The number of rotatable bonds is 5. The molecule has 3 rings (SSSR count). The standard InChI is InChI=1S/C16H15N7O/c17-16-20-8-13(9-21-16)3-6-15(24)19-7-12-1-4-14(5-2-12)23-11-18-10-22-23/h1-6,8-11H,7H2,(H,19,24)(H2,17,20,21). The van der Waals surface area contributed by atoms with Gasteiger partial charge in [-0.3, -0.25) is 4.79 Å². The van der Waals surface area contributed by atoms with Crippen LogP contribution < -0.4 is 11.1 Å². The molecule has 0 radical (unpaired) electrons. The number of anilines is 1. The van der Waals surface area contributed by atoms with Crippen LogP contribution in [0.5, 0.6) is 0 Å². The molecule has 1 amide bonds. The summed E-state index contributed by atoms with van der Waals surface area (Å²) in [6.45, 7) is 0.430. The molecular formula is C16H15N7O. The van der Waals surface area contributed by atoms with Gasteiger partial charge in [0, 0.05) is 30.6 Å². The Bertz CT molecular complexity index is 824. The first kappa shape index (κ1) is 15.3. The van der Waals surface area contributed by atoms with Gasteiger partial charge in [0.15, 0.2) is 0 Å². The molecule has 0 fully saturated rings. The summed E-state index contributed by atoms with van der Waals surface area (Å²) in [6.07, 6.45) is 9.26. The molecule has 2 aromatic heterocycles. The van der Waals surface area contributed by atoms with E-state index in [2.05, 4.69) is 25.4 Å². The Kier molecular flexibility index (Phi) is 4.57. The molecule has 0 bridgehead atoms. The van der Waals surface area contributed by atoms with Gasteiger partial charge in [0.05, 0.1) is 5.69 Å². The maximum absolute atomic E-state index is 11.8. The fourth-order valence-electron chi connectivity index (χ4n) is 1.96. The molecule has 24 heavy (non-hydrogen) atoms. The van der Waals surface area contributed by atoms with Crippen molar-refractivity contribution in [2.45, 2.75) is 6.54 Å². The lowest BCUT2D eigenvalue weighted by Gasteiger charge is -2.04. The predicted octanol–water partition coefficient (Wildman–Crippen LogP) is 0.969. The summed E-state index contributed by atoms with van der Waals surface area (Å²) in [5.74, 6) is -0.00174. The second-order valence-corrected chi connectivity index (χ2v) is 4.93. The van der Waals surface area contributed by atoms with E-state index in [9.17, 15) is 4.79 Å². The number of hydrogen-bond acceptors (Lipinski definition) is 6. The Morgan fingerprint density at radius 1 is 1.21 bits per heavy atom. The average Bonchev–Trinajstić information content (AvgIpc) is 3.14. The number of nitrogens with zero attached hydrogens (tertiary/aromatic N) is 5. The van der Waals surface area contributed by atoms with Crippen molar-refractivity contribution >= 4 is 17.9 Å². The molecule has 0 unspecified atom stereocenters. The summed E-state index contributed by atoms with van der Waals surface area (Å²) >= 11 is 0. The lowest BCUT2D eigenvalue weighted by atomic mass is 10.2. The van der Waals surface area contributed by atoms with Crippen LogP contribution in [0.4, 0.5) is 5.95 Å². The van der Waals surface area contributed by atoms with E-state index >= 15 is 0 Å². The monoisotopic (exact) mass is 321 g/mol. The highest BCUT2D eigenvalue weighted by atomic mass is 16.1. The quantitative estimate of drug-likeness (QED) is 0.677. The average molecular weight is 321 g/mol. The molecule has 3 N–H and O–H groups in total. The number of carbonyl (C=O) groups excluding carboxylic acids is 1. The fraction of sp³-hybridized carbons (Fsp3) is 0.0625. The van der Waals surface area contributed by atoms with Crippen LogP contribution in [-0.4, -0.2) is 30.6 Å². The number of nitrogens with one attached hydrogen (secondary N) is 1. The second kappa shape index (κ2) is 7.14. The maximum atomic E-state index is 11.8. The first-order valence-electron chi connectivity index (χ1n) is 7.18. The molecule has 120 valence electrons. The number of benzene rings is 1. The van der Waals surface area contributed by atoms with Gasteiger partial charge in [0.2, 0.25) is 11.9 Å². The summed E-state index contributed by atoms with van der Waals surface area (Å²) in [4.78, 5) is 23.4. The Morgan fingerprint density at radius 2 is 1.96 bits per heavy atom. The van der Waals surface area contributed by atoms with Crippen LogP contribution >= 0.6 is 0 Å². The zero-order valence-electron chi connectivity index (χ0n) is 12.7. The van der Waals surface area contributed by atoms with E-state index in [0.29, 0.717) is 12.1 Å². The van der Waals surface area contributed by atoms with Gasteiger partial charge in [-0.2, -0.15) is 5.10 Å². The van der Waals surface area contributed by atoms with Crippen LogP contribution in [0.2, 0.25) is 0 Å². The third kappa shape index (κ3) is 4.01. The van der Waals surface area contributed by atoms with E-state index in [0.717, 1.165) is 11.3 Å². The van der Waals surface area contributed by atoms with Crippen molar-refractivity contribution in [3.63, 3.8) is 0 Å². The summed E-state index contributed by atoms with van der Waals surface area (Å²) < 4.78 is 1.67. The Morgan fingerprint density at radius 3 is 2.62 bits per heavy atom. The molecule has 0 saturated heterocycles. The molecule has 0 aliphatic rings. The van der Waals surface area contributed by atoms with Crippen LogP contribution in [0.3, 0.4) is 0 Å². The molecule has 8 heteroatoms. The molecule has 0 aliphatic heterocycles. The second-order valence-electron chi connectivity index (χ2n) is 4.93. The van der Waals surface area contributed by atoms with Crippen LogP contribution in [0, 0.1) is 0 Å². The predicted molar refractivity (Wildman–Crippen MR) is 88.7 cm³/mol.